The molecule has 1 unspecified atom stereocenters. The molecule has 1 atom stereocenters. The van der Waals surface area contributed by atoms with Gasteiger partial charge in [-0.15, -0.1) is 0 Å². The van der Waals surface area contributed by atoms with Crippen molar-refractivity contribution in [3.05, 3.63) is 53.6 Å². The molecule has 3 rings (SSSR count). The van der Waals surface area contributed by atoms with Crippen LogP contribution >= 0.6 is 0 Å². The van der Waals surface area contributed by atoms with Gasteiger partial charge in [-0.1, -0.05) is 18.2 Å². The van der Waals surface area contributed by atoms with E-state index in [0.29, 0.717) is 24.2 Å². The number of aryl methyl sites for hydroxylation is 1. The van der Waals surface area contributed by atoms with Crippen LogP contribution < -0.4 is 0 Å². The number of imidazole rings is 1. The van der Waals surface area contributed by atoms with E-state index in [9.17, 15) is 14.7 Å². The van der Waals surface area contributed by atoms with E-state index in [2.05, 4.69) is 4.98 Å². The molecular formula is C15H15N3O3. The molecule has 1 N–H and O–H groups in total. The molecule has 2 aromatic rings. The van der Waals surface area contributed by atoms with Gasteiger partial charge < -0.3 is 14.6 Å². The second-order valence-electron chi connectivity index (χ2n) is 5.04. The molecule has 0 radical (unpaired) electrons. The van der Waals surface area contributed by atoms with Gasteiger partial charge in [0.25, 0.3) is 5.91 Å². The van der Waals surface area contributed by atoms with Crippen molar-refractivity contribution in [2.45, 2.75) is 12.5 Å². The normalized spacial score (nSPS) is 17.4. The predicted octanol–water partition coefficient (Wildman–Crippen LogP) is 1.24. The molecule has 0 spiro atoms. The highest BCUT2D eigenvalue weighted by Crippen LogP contribution is 2.30. The van der Waals surface area contributed by atoms with Crippen molar-refractivity contribution in [2.24, 2.45) is 7.05 Å². The highest BCUT2D eigenvalue weighted by atomic mass is 16.4. The molecule has 0 fully saturated rings. The van der Waals surface area contributed by atoms with E-state index in [1.807, 2.05) is 6.07 Å². The molecule has 1 aromatic heterocycles. The largest absolute Gasteiger partial charge is 0.479 e. The van der Waals surface area contributed by atoms with Gasteiger partial charge >= 0.3 is 5.97 Å². The number of hydrogen-bond acceptors (Lipinski definition) is 3. The van der Waals surface area contributed by atoms with Gasteiger partial charge in [-0.3, -0.25) is 4.79 Å². The highest BCUT2D eigenvalue weighted by molar-refractivity contribution is 5.97. The van der Waals surface area contributed by atoms with Crippen molar-refractivity contribution in [1.82, 2.24) is 14.5 Å². The average Bonchev–Trinajstić information content (AvgIpc) is 2.88. The van der Waals surface area contributed by atoms with E-state index < -0.39 is 12.0 Å². The van der Waals surface area contributed by atoms with E-state index in [0.717, 1.165) is 5.69 Å². The summed E-state index contributed by atoms with van der Waals surface area (Å²) < 4.78 is 1.68. The van der Waals surface area contributed by atoms with Gasteiger partial charge in [0.2, 0.25) is 0 Å². The Bertz CT molecular complexity index is 693. The number of fused-ring (bicyclic) bond motifs is 1. The van der Waals surface area contributed by atoms with Gasteiger partial charge in [0.1, 0.15) is 0 Å². The van der Waals surface area contributed by atoms with E-state index in [1.54, 1.807) is 42.2 Å². The van der Waals surface area contributed by atoms with Crippen LogP contribution in [0, 0.1) is 0 Å². The molecule has 1 amide bonds. The van der Waals surface area contributed by atoms with Crippen LogP contribution in [0.4, 0.5) is 0 Å². The lowest BCUT2D eigenvalue weighted by atomic mass is 10.0. The van der Waals surface area contributed by atoms with Crippen molar-refractivity contribution in [2.75, 3.05) is 6.54 Å². The van der Waals surface area contributed by atoms with Crippen LogP contribution in [0.15, 0.2) is 36.7 Å². The van der Waals surface area contributed by atoms with Gasteiger partial charge in [0, 0.05) is 25.6 Å². The van der Waals surface area contributed by atoms with Crippen LogP contribution in [0.2, 0.25) is 0 Å². The molecule has 108 valence electrons. The maximum Gasteiger partial charge on any atom is 0.332 e. The fourth-order valence-electron chi connectivity index (χ4n) is 2.75. The molecule has 1 aromatic carbocycles. The number of carboxylic acids is 1. The number of carboxylic acid groups (broad SMARTS) is 1. The van der Waals surface area contributed by atoms with E-state index in [-0.39, 0.29) is 5.91 Å². The van der Waals surface area contributed by atoms with Crippen molar-refractivity contribution in [3.63, 3.8) is 0 Å². The number of carbonyl (C=O) groups excluding carboxylic acids is 1. The van der Waals surface area contributed by atoms with E-state index in [1.165, 1.54) is 4.90 Å². The first-order valence-electron chi connectivity index (χ1n) is 6.68. The minimum absolute atomic E-state index is 0.269. The van der Waals surface area contributed by atoms with Gasteiger partial charge in [-0.2, -0.15) is 0 Å². The van der Waals surface area contributed by atoms with Crippen molar-refractivity contribution in [1.29, 1.82) is 0 Å². The van der Waals surface area contributed by atoms with Crippen LogP contribution in [-0.2, 0) is 18.3 Å². The number of hydrogen-bond donors (Lipinski definition) is 1. The summed E-state index contributed by atoms with van der Waals surface area (Å²) in [6.45, 7) is 0.356. The molecule has 0 saturated carbocycles. The molecule has 6 heteroatoms. The number of carbonyl (C=O) groups is 2. The minimum atomic E-state index is -1.04. The SMILES string of the molecule is Cn1cnc2c1C(C(=O)O)N(C(=O)c1ccccc1)CC2. The van der Waals surface area contributed by atoms with Gasteiger partial charge in [-0.05, 0) is 12.1 Å². The summed E-state index contributed by atoms with van der Waals surface area (Å²) in [5, 5.41) is 9.56. The molecule has 2 heterocycles. The summed E-state index contributed by atoms with van der Waals surface area (Å²) in [7, 11) is 1.75. The number of benzene rings is 1. The summed E-state index contributed by atoms with van der Waals surface area (Å²) in [6.07, 6.45) is 2.16. The zero-order valence-electron chi connectivity index (χ0n) is 11.6. The Kier molecular flexibility index (Phi) is 3.21. The molecule has 1 aliphatic rings. The Balaban J connectivity index is 2.02. The first-order chi connectivity index (χ1) is 10.1. The number of nitrogens with zero attached hydrogens (tertiary/aromatic N) is 3. The first-order valence-corrected chi connectivity index (χ1v) is 6.68. The molecule has 0 saturated heterocycles. The van der Waals surface area contributed by atoms with Crippen LogP contribution in [-0.4, -0.2) is 38.0 Å². The molecule has 0 aliphatic carbocycles. The monoisotopic (exact) mass is 285 g/mol. The van der Waals surface area contributed by atoms with Crippen LogP contribution in [0.25, 0.3) is 0 Å². The second kappa shape index (κ2) is 5.05. The second-order valence-corrected chi connectivity index (χ2v) is 5.04. The smallest absolute Gasteiger partial charge is 0.332 e. The summed E-state index contributed by atoms with van der Waals surface area (Å²) in [5.41, 5.74) is 1.83. The zero-order valence-corrected chi connectivity index (χ0v) is 11.6. The molecular weight excluding hydrogens is 270 g/mol. The Morgan fingerprint density at radius 2 is 2.00 bits per heavy atom. The third-order valence-electron chi connectivity index (χ3n) is 3.74. The molecule has 0 bridgehead atoms. The number of rotatable bonds is 2. The fourth-order valence-corrected chi connectivity index (χ4v) is 2.75. The third kappa shape index (κ3) is 2.18. The van der Waals surface area contributed by atoms with E-state index in [4.69, 9.17) is 0 Å². The molecule has 1 aliphatic heterocycles. The maximum atomic E-state index is 12.6. The van der Waals surface area contributed by atoms with Crippen LogP contribution in [0.3, 0.4) is 0 Å². The Morgan fingerprint density at radius 1 is 1.29 bits per heavy atom. The molecule has 6 nitrogen and oxygen atoms in total. The van der Waals surface area contributed by atoms with E-state index >= 15 is 0 Å². The number of aromatic nitrogens is 2. The van der Waals surface area contributed by atoms with Crippen LogP contribution in [0.5, 0.6) is 0 Å². The van der Waals surface area contributed by atoms with Gasteiger partial charge in [0.15, 0.2) is 6.04 Å². The van der Waals surface area contributed by atoms with Crippen molar-refractivity contribution in [3.8, 4) is 0 Å². The Labute approximate surface area is 121 Å². The predicted molar refractivity (Wildman–Crippen MR) is 74.8 cm³/mol. The van der Waals surface area contributed by atoms with Crippen LogP contribution in [0.1, 0.15) is 27.8 Å². The number of aliphatic carboxylic acids is 1. The Hall–Kier alpha value is -2.63. The van der Waals surface area contributed by atoms with Gasteiger partial charge in [-0.25, -0.2) is 9.78 Å². The van der Waals surface area contributed by atoms with Crippen molar-refractivity contribution >= 4 is 11.9 Å². The lowest BCUT2D eigenvalue weighted by Crippen LogP contribution is -2.44. The fraction of sp³-hybridized carbons (Fsp3) is 0.267. The topological polar surface area (TPSA) is 75.4 Å². The highest BCUT2D eigenvalue weighted by Gasteiger charge is 2.38. The first kappa shape index (κ1) is 13.4. The lowest BCUT2D eigenvalue weighted by molar-refractivity contribution is -0.143. The summed E-state index contributed by atoms with van der Waals surface area (Å²) in [4.78, 5) is 29.9. The average molecular weight is 285 g/mol. The number of amides is 1. The van der Waals surface area contributed by atoms with Gasteiger partial charge in [0.05, 0.1) is 17.7 Å². The summed E-state index contributed by atoms with van der Waals surface area (Å²) >= 11 is 0. The molecule has 21 heavy (non-hydrogen) atoms. The van der Waals surface area contributed by atoms with Crippen molar-refractivity contribution < 1.29 is 14.7 Å². The zero-order chi connectivity index (χ0) is 15.0. The maximum absolute atomic E-state index is 12.6. The minimum Gasteiger partial charge on any atom is -0.479 e. The Morgan fingerprint density at radius 3 is 2.67 bits per heavy atom. The quantitative estimate of drug-likeness (QED) is 0.901. The standard InChI is InChI=1S/C15H15N3O3/c1-17-9-16-11-7-8-18(13(12(11)17)15(20)21)14(19)10-5-3-2-4-6-10/h2-6,9,13H,7-8H2,1H3,(H,20,21). The lowest BCUT2D eigenvalue weighted by Gasteiger charge is -2.33. The summed E-state index contributed by atoms with van der Waals surface area (Å²) in [6, 6.07) is 7.75. The summed E-state index contributed by atoms with van der Waals surface area (Å²) in [5.74, 6) is -1.31. The third-order valence-corrected chi connectivity index (χ3v) is 3.74.